The Morgan fingerprint density at radius 2 is 1.94 bits per heavy atom. The summed E-state index contributed by atoms with van der Waals surface area (Å²) < 4.78 is 38.6. The number of nitrogens with two attached hydrogens (primary N) is 1. The molecule has 0 aliphatic rings. The molecule has 5 heteroatoms. The van der Waals surface area contributed by atoms with E-state index in [1.54, 1.807) is 0 Å². The number of halogens is 4. The molecule has 0 fully saturated rings. The van der Waals surface area contributed by atoms with Gasteiger partial charge in [0.15, 0.2) is 0 Å². The lowest BCUT2D eigenvalue weighted by Crippen LogP contribution is -2.17. The molecule has 0 aromatic heterocycles. The van der Waals surface area contributed by atoms with E-state index in [2.05, 4.69) is 0 Å². The van der Waals surface area contributed by atoms with Gasteiger partial charge in [0.1, 0.15) is 0 Å². The Labute approximate surface area is 110 Å². The lowest BCUT2D eigenvalue weighted by molar-refractivity contribution is -0.138. The summed E-state index contributed by atoms with van der Waals surface area (Å²) in [5, 5.41) is 0.0758. The molecule has 1 atom stereocenters. The second-order valence-corrected chi connectivity index (χ2v) is 4.77. The van der Waals surface area contributed by atoms with Crippen molar-refractivity contribution in [1.82, 2.24) is 0 Å². The minimum Gasteiger partial charge on any atom is -0.324 e. The topological polar surface area (TPSA) is 26.0 Å². The first-order chi connectivity index (χ1) is 8.36. The summed E-state index contributed by atoms with van der Waals surface area (Å²) in [4.78, 5) is 0. The highest BCUT2D eigenvalue weighted by molar-refractivity contribution is 6.30. The van der Waals surface area contributed by atoms with Crippen LogP contribution in [0.3, 0.4) is 0 Å². The van der Waals surface area contributed by atoms with E-state index in [9.17, 15) is 13.2 Å². The summed E-state index contributed by atoms with van der Waals surface area (Å²) in [6.45, 7) is 2.04. The minimum atomic E-state index is -4.41. The van der Waals surface area contributed by atoms with Crippen LogP contribution in [-0.4, -0.2) is 0 Å². The van der Waals surface area contributed by atoms with E-state index >= 15 is 0 Å². The van der Waals surface area contributed by atoms with Crippen LogP contribution in [0.1, 0.15) is 49.8 Å². The molecule has 0 bridgehead atoms. The quantitative estimate of drug-likeness (QED) is 0.759. The third kappa shape index (κ3) is 4.18. The Hall–Kier alpha value is -0.740. The Kier molecular flexibility index (Phi) is 5.47. The number of unbranched alkanes of at least 4 members (excludes halogenated alkanes) is 2. The van der Waals surface area contributed by atoms with Crippen LogP contribution in [0.2, 0.25) is 5.02 Å². The van der Waals surface area contributed by atoms with Gasteiger partial charge in [-0.1, -0.05) is 43.9 Å². The fourth-order valence-electron chi connectivity index (χ4n) is 1.87. The Bertz CT molecular complexity index is 390. The van der Waals surface area contributed by atoms with Gasteiger partial charge in [-0.15, -0.1) is 0 Å². The van der Waals surface area contributed by atoms with Gasteiger partial charge in [-0.05, 0) is 24.1 Å². The van der Waals surface area contributed by atoms with Crippen LogP contribution < -0.4 is 5.73 Å². The smallest absolute Gasteiger partial charge is 0.324 e. The molecule has 0 amide bonds. The molecule has 0 spiro atoms. The standard InChI is InChI=1S/C13H17ClF3N/c1-2-3-4-5-12(18)10-7-6-9(14)8-11(10)13(15,16)17/h6-8,12H,2-5,18H2,1H3/t12-/m1/s1. The summed E-state index contributed by atoms with van der Waals surface area (Å²) in [6, 6.07) is 3.18. The van der Waals surface area contributed by atoms with E-state index in [1.165, 1.54) is 12.1 Å². The average molecular weight is 280 g/mol. The second kappa shape index (κ2) is 6.43. The molecular weight excluding hydrogens is 263 g/mol. The van der Waals surface area contributed by atoms with Gasteiger partial charge in [-0.2, -0.15) is 13.2 Å². The molecule has 18 heavy (non-hydrogen) atoms. The van der Waals surface area contributed by atoms with Crippen molar-refractivity contribution in [2.45, 2.75) is 44.8 Å². The summed E-state index contributed by atoms with van der Waals surface area (Å²) in [7, 11) is 0. The summed E-state index contributed by atoms with van der Waals surface area (Å²) in [5.74, 6) is 0. The molecule has 0 saturated carbocycles. The first-order valence-electron chi connectivity index (χ1n) is 5.98. The zero-order chi connectivity index (χ0) is 13.8. The van der Waals surface area contributed by atoms with Crippen LogP contribution in [0.15, 0.2) is 18.2 Å². The van der Waals surface area contributed by atoms with Crippen LogP contribution in [-0.2, 0) is 6.18 Å². The SMILES string of the molecule is CCCCC[C@@H](N)c1ccc(Cl)cc1C(F)(F)F. The fraction of sp³-hybridized carbons (Fsp3) is 0.538. The van der Waals surface area contributed by atoms with Crippen molar-refractivity contribution >= 4 is 11.6 Å². The average Bonchev–Trinajstić information content (AvgIpc) is 2.28. The molecule has 0 saturated heterocycles. The Morgan fingerprint density at radius 3 is 2.50 bits per heavy atom. The summed E-state index contributed by atoms with van der Waals surface area (Å²) in [6.07, 6.45) is -1.04. The van der Waals surface area contributed by atoms with Crippen molar-refractivity contribution in [3.8, 4) is 0 Å². The molecule has 1 aromatic carbocycles. The predicted molar refractivity (Wildman–Crippen MR) is 67.5 cm³/mol. The van der Waals surface area contributed by atoms with E-state index in [-0.39, 0.29) is 10.6 Å². The molecule has 0 aliphatic heterocycles. The maximum absolute atomic E-state index is 12.9. The molecule has 1 rings (SSSR count). The molecule has 102 valence electrons. The normalized spacial score (nSPS) is 13.7. The predicted octanol–water partition coefficient (Wildman–Crippen LogP) is 4.94. The zero-order valence-electron chi connectivity index (χ0n) is 10.2. The largest absolute Gasteiger partial charge is 0.416 e. The Morgan fingerprint density at radius 1 is 1.28 bits per heavy atom. The van der Waals surface area contributed by atoms with Crippen molar-refractivity contribution in [2.75, 3.05) is 0 Å². The first-order valence-corrected chi connectivity index (χ1v) is 6.36. The zero-order valence-corrected chi connectivity index (χ0v) is 11.0. The van der Waals surface area contributed by atoms with E-state index in [4.69, 9.17) is 17.3 Å². The van der Waals surface area contributed by atoms with Crippen molar-refractivity contribution in [2.24, 2.45) is 5.73 Å². The molecule has 0 aliphatic carbocycles. The van der Waals surface area contributed by atoms with Gasteiger partial charge in [0, 0.05) is 11.1 Å². The maximum Gasteiger partial charge on any atom is 0.416 e. The van der Waals surface area contributed by atoms with Crippen molar-refractivity contribution in [3.05, 3.63) is 34.3 Å². The highest BCUT2D eigenvalue weighted by atomic mass is 35.5. The van der Waals surface area contributed by atoms with E-state index in [0.29, 0.717) is 6.42 Å². The van der Waals surface area contributed by atoms with E-state index in [1.807, 2.05) is 6.92 Å². The number of alkyl halides is 3. The van der Waals surface area contributed by atoms with Crippen molar-refractivity contribution in [3.63, 3.8) is 0 Å². The van der Waals surface area contributed by atoms with Crippen LogP contribution in [0.5, 0.6) is 0 Å². The summed E-state index contributed by atoms with van der Waals surface area (Å²) >= 11 is 5.61. The molecule has 2 N–H and O–H groups in total. The number of hydrogen-bond donors (Lipinski definition) is 1. The van der Waals surface area contributed by atoms with Gasteiger partial charge in [0.05, 0.1) is 5.56 Å². The molecule has 1 aromatic rings. The highest BCUT2D eigenvalue weighted by Gasteiger charge is 2.34. The maximum atomic E-state index is 12.9. The first kappa shape index (κ1) is 15.3. The number of hydrogen-bond acceptors (Lipinski definition) is 1. The van der Waals surface area contributed by atoms with Crippen LogP contribution in [0.25, 0.3) is 0 Å². The van der Waals surface area contributed by atoms with Crippen molar-refractivity contribution < 1.29 is 13.2 Å². The fourth-order valence-corrected chi connectivity index (χ4v) is 2.04. The Balaban J connectivity index is 2.93. The second-order valence-electron chi connectivity index (χ2n) is 4.33. The van der Waals surface area contributed by atoms with Gasteiger partial charge >= 0.3 is 6.18 Å². The third-order valence-electron chi connectivity index (χ3n) is 2.84. The number of benzene rings is 1. The minimum absolute atomic E-state index is 0.0758. The molecule has 0 unspecified atom stereocenters. The van der Waals surface area contributed by atoms with E-state index in [0.717, 1.165) is 25.3 Å². The van der Waals surface area contributed by atoms with Gasteiger partial charge < -0.3 is 5.73 Å². The monoisotopic (exact) mass is 279 g/mol. The number of rotatable bonds is 5. The molecule has 0 radical (unpaired) electrons. The third-order valence-corrected chi connectivity index (χ3v) is 3.07. The van der Waals surface area contributed by atoms with Gasteiger partial charge in [0.2, 0.25) is 0 Å². The van der Waals surface area contributed by atoms with Gasteiger partial charge in [-0.25, -0.2) is 0 Å². The van der Waals surface area contributed by atoms with Crippen molar-refractivity contribution in [1.29, 1.82) is 0 Å². The summed E-state index contributed by atoms with van der Waals surface area (Å²) in [5.41, 5.74) is 5.24. The van der Waals surface area contributed by atoms with Crippen LogP contribution in [0.4, 0.5) is 13.2 Å². The van der Waals surface area contributed by atoms with Crippen LogP contribution in [0, 0.1) is 0 Å². The van der Waals surface area contributed by atoms with Gasteiger partial charge in [-0.3, -0.25) is 0 Å². The molecule has 0 heterocycles. The van der Waals surface area contributed by atoms with Crippen LogP contribution >= 0.6 is 11.6 Å². The lowest BCUT2D eigenvalue weighted by Gasteiger charge is -2.18. The molecular formula is C13H17ClF3N. The van der Waals surface area contributed by atoms with Gasteiger partial charge in [0.25, 0.3) is 0 Å². The lowest BCUT2D eigenvalue weighted by atomic mass is 9.96. The highest BCUT2D eigenvalue weighted by Crippen LogP contribution is 2.36. The molecule has 1 nitrogen and oxygen atoms in total. The van der Waals surface area contributed by atoms with E-state index < -0.39 is 17.8 Å².